The monoisotopic (exact) mass is 420 g/mol. The van der Waals surface area contributed by atoms with Gasteiger partial charge in [-0.2, -0.15) is 0 Å². The number of aryl methyl sites for hydroxylation is 1. The summed E-state index contributed by atoms with van der Waals surface area (Å²) in [7, 11) is 1.98. The Balaban J connectivity index is 0.000000672. The van der Waals surface area contributed by atoms with E-state index in [0.29, 0.717) is 19.5 Å². The minimum atomic E-state index is -0.548. The lowest BCUT2D eigenvalue weighted by Gasteiger charge is -2.32. The summed E-state index contributed by atoms with van der Waals surface area (Å²) >= 11 is 0. The van der Waals surface area contributed by atoms with Gasteiger partial charge in [-0.1, -0.05) is 12.1 Å². The van der Waals surface area contributed by atoms with Gasteiger partial charge >= 0.3 is 0 Å². The molecular weight excluding hydrogens is 392 g/mol. The number of carbonyl (C=O) groups excluding carboxylic acids is 1. The highest BCUT2D eigenvalue weighted by atomic mass is 16.3. The maximum Gasteiger partial charge on any atom is 0.290 e. The maximum absolute atomic E-state index is 12.3. The van der Waals surface area contributed by atoms with Gasteiger partial charge in [-0.15, -0.1) is 0 Å². The van der Waals surface area contributed by atoms with E-state index < -0.39 is 6.10 Å². The van der Waals surface area contributed by atoms with E-state index >= 15 is 0 Å². The van der Waals surface area contributed by atoms with Crippen molar-refractivity contribution in [1.82, 2.24) is 19.8 Å². The summed E-state index contributed by atoms with van der Waals surface area (Å²) < 4.78 is 2.01. The van der Waals surface area contributed by atoms with Crippen molar-refractivity contribution in [2.75, 3.05) is 20.1 Å². The number of benzene rings is 1. The van der Waals surface area contributed by atoms with Crippen LogP contribution in [0.15, 0.2) is 36.7 Å². The molecule has 1 aromatic carbocycles. The lowest BCUT2D eigenvalue weighted by molar-refractivity contribution is -0.131. The molecule has 10 nitrogen and oxygen atoms in total. The fraction of sp³-hybridized carbons (Fsp3) is 0.400. The molecule has 2 heterocycles. The first kappa shape index (κ1) is 24.8. The zero-order valence-corrected chi connectivity index (χ0v) is 17.0. The van der Waals surface area contributed by atoms with Crippen molar-refractivity contribution in [2.24, 2.45) is 5.92 Å². The summed E-state index contributed by atoms with van der Waals surface area (Å²) in [4.78, 5) is 35.3. The van der Waals surface area contributed by atoms with E-state index in [-0.39, 0.29) is 24.8 Å². The number of hydrogen-bond donors (Lipinski definition) is 4. The van der Waals surface area contributed by atoms with Crippen LogP contribution in [-0.4, -0.2) is 74.9 Å². The van der Waals surface area contributed by atoms with Crippen LogP contribution in [-0.2, 0) is 20.9 Å². The zero-order valence-electron chi connectivity index (χ0n) is 17.0. The van der Waals surface area contributed by atoms with Gasteiger partial charge in [-0.3, -0.25) is 14.4 Å². The van der Waals surface area contributed by atoms with Gasteiger partial charge in [0.25, 0.3) is 12.9 Å². The smallest absolute Gasteiger partial charge is 0.290 e. The maximum atomic E-state index is 12.3. The van der Waals surface area contributed by atoms with Gasteiger partial charge in [0.1, 0.15) is 5.82 Å². The molecule has 0 bridgehead atoms. The number of likely N-dealkylation sites (tertiary alicyclic amines) is 1. The van der Waals surface area contributed by atoms with Crippen molar-refractivity contribution in [3.05, 3.63) is 48.0 Å². The molecule has 0 radical (unpaired) electrons. The molecule has 0 unspecified atom stereocenters. The molecule has 0 saturated carbocycles. The molecule has 1 aromatic heterocycles. The molecule has 2 aromatic rings. The highest BCUT2D eigenvalue weighted by Gasteiger charge is 2.31. The molecule has 0 spiro atoms. The first-order valence-electron chi connectivity index (χ1n) is 9.27. The van der Waals surface area contributed by atoms with E-state index in [1.54, 1.807) is 6.20 Å². The number of aromatic nitrogens is 2. The van der Waals surface area contributed by atoms with Crippen LogP contribution in [0.2, 0.25) is 0 Å². The van der Waals surface area contributed by atoms with E-state index in [2.05, 4.69) is 15.2 Å². The highest BCUT2D eigenvalue weighted by Crippen LogP contribution is 2.17. The summed E-state index contributed by atoms with van der Waals surface area (Å²) in [6.45, 7) is 3.36. The molecule has 1 fully saturated rings. The molecule has 3 rings (SSSR count). The van der Waals surface area contributed by atoms with Gasteiger partial charge in [0, 0.05) is 37.7 Å². The van der Waals surface area contributed by atoms with Crippen LogP contribution in [0.1, 0.15) is 17.8 Å². The van der Waals surface area contributed by atoms with Gasteiger partial charge < -0.3 is 30.1 Å². The Morgan fingerprint density at radius 2 is 1.83 bits per heavy atom. The largest absolute Gasteiger partial charge is 0.483 e. The van der Waals surface area contributed by atoms with Gasteiger partial charge in [-0.05, 0) is 38.1 Å². The molecule has 164 valence electrons. The number of piperidine rings is 1. The Morgan fingerprint density at radius 1 is 1.23 bits per heavy atom. The van der Waals surface area contributed by atoms with Crippen LogP contribution in [0.25, 0.3) is 5.69 Å². The van der Waals surface area contributed by atoms with Crippen LogP contribution in [0.4, 0.5) is 0 Å². The topological polar surface area (TPSA) is 145 Å². The predicted octanol–water partition coefficient (Wildman–Crippen LogP) is 0.511. The summed E-state index contributed by atoms with van der Waals surface area (Å²) in [5.41, 5.74) is 2.08. The third-order valence-electron chi connectivity index (χ3n) is 4.62. The highest BCUT2D eigenvalue weighted by molar-refractivity contribution is 5.79. The Kier molecular flexibility index (Phi) is 10.8. The lowest BCUT2D eigenvalue weighted by atomic mass is 9.94. The molecule has 4 N–H and O–H groups in total. The third-order valence-corrected chi connectivity index (χ3v) is 4.62. The van der Waals surface area contributed by atoms with Crippen LogP contribution in [0.5, 0.6) is 0 Å². The molecule has 1 aliphatic rings. The second-order valence-electron chi connectivity index (χ2n) is 6.66. The molecular formula is C20H28N4O6. The average Bonchev–Trinajstić information content (AvgIpc) is 3.15. The summed E-state index contributed by atoms with van der Waals surface area (Å²) in [5, 5.41) is 26.7. The Hall–Kier alpha value is -3.24. The summed E-state index contributed by atoms with van der Waals surface area (Å²) in [6.07, 6.45) is 3.80. The number of hydrogen-bond acceptors (Lipinski definition) is 6. The number of carbonyl (C=O) groups is 3. The van der Waals surface area contributed by atoms with Crippen molar-refractivity contribution in [3.8, 4) is 5.69 Å². The molecule has 1 saturated heterocycles. The fourth-order valence-corrected chi connectivity index (χ4v) is 3.11. The predicted molar refractivity (Wildman–Crippen MR) is 109 cm³/mol. The molecule has 10 heteroatoms. The number of aliphatic hydroxyl groups excluding tert-OH is 1. The second kappa shape index (κ2) is 13.1. The van der Waals surface area contributed by atoms with E-state index in [0.717, 1.165) is 23.6 Å². The summed E-state index contributed by atoms with van der Waals surface area (Å²) in [6, 6.07) is 8.02. The van der Waals surface area contributed by atoms with Gasteiger partial charge in [0.2, 0.25) is 5.91 Å². The van der Waals surface area contributed by atoms with Crippen LogP contribution >= 0.6 is 0 Å². The van der Waals surface area contributed by atoms with Crippen LogP contribution in [0, 0.1) is 12.8 Å². The van der Waals surface area contributed by atoms with Crippen molar-refractivity contribution >= 4 is 18.9 Å². The van der Waals surface area contributed by atoms with Crippen molar-refractivity contribution in [2.45, 2.75) is 26.0 Å². The average molecular weight is 420 g/mol. The minimum absolute atomic E-state index is 0.0800. The lowest BCUT2D eigenvalue weighted by Crippen LogP contribution is -2.48. The van der Waals surface area contributed by atoms with E-state index in [4.69, 9.17) is 19.8 Å². The molecule has 2 atom stereocenters. The van der Waals surface area contributed by atoms with Gasteiger partial charge in [0.05, 0.1) is 12.0 Å². The quantitative estimate of drug-likeness (QED) is 0.524. The third kappa shape index (κ3) is 7.64. The Labute approximate surface area is 174 Å². The fourth-order valence-electron chi connectivity index (χ4n) is 3.11. The number of amides is 1. The second-order valence-corrected chi connectivity index (χ2v) is 6.66. The molecule has 1 aliphatic heterocycles. The van der Waals surface area contributed by atoms with Crippen molar-refractivity contribution in [1.29, 1.82) is 0 Å². The summed E-state index contributed by atoms with van der Waals surface area (Å²) in [5.74, 6) is 0.506. The van der Waals surface area contributed by atoms with E-state index in [1.807, 2.05) is 49.0 Å². The number of carboxylic acid groups (broad SMARTS) is 2. The number of nitrogens with one attached hydrogen (secondary N) is 1. The van der Waals surface area contributed by atoms with Crippen molar-refractivity contribution < 1.29 is 29.7 Å². The van der Waals surface area contributed by atoms with Crippen molar-refractivity contribution in [3.63, 3.8) is 0 Å². The van der Waals surface area contributed by atoms with Gasteiger partial charge in [-0.25, -0.2) is 4.98 Å². The van der Waals surface area contributed by atoms with E-state index in [1.165, 1.54) is 0 Å². The minimum Gasteiger partial charge on any atom is -0.483 e. The normalized spacial score (nSPS) is 18.1. The Bertz CT molecular complexity index is 787. The molecule has 1 amide bonds. The standard InChI is InChI=1S/C18H24N4O2.2CH2O2/c1-13-19-8-10-22(13)15-5-3-14(4-6-15)11-20-18(24)16-12-21(2)9-7-17(16)23;2*2-1-3/h3-6,8,10,16-17,23H,7,9,11-12H2,1-2H3,(H,20,24);2*1H,(H,2,3)/t16-,17-;;/m1../s1. The number of aliphatic hydroxyl groups is 1. The van der Waals surface area contributed by atoms with Crippen LogP contribution in [0.3, 0.4) is 0 Å². The SMILES string of the molecule is Cc1nccn1-c1ccc(CNC(=O)[C@@H]2CN(C)CC[C@H]2O)cc1.O=CO.O=CO. The van der Waals surface area contributed by atoms with Crippen LogP contribution < -0.4 is 5.32 Å². The first-order chi connectivity index (χ1) is 14.4. The molecule has 30 heavy (non-hydrogen) atoms. The number of rotatable bonds is 4. The van der Waals surface area contributed by atoms with E-state index in [9.17, 15) is 9.90 Å². The Morgan fingerprint density at radius 3 is 2.37 bits per heavy atom. The van der Waals surface area contributed by atoms with Gasteiger partial charge in [0.15, 0.2) is 0 Å². The molecule has 0 aliphatic carbocycles. The zero-order chi connectivity index (χ0) is 22.5. The number of nitrogens with zero attached hydrogens (tertiary/aromatic N) is 3. The first-order valence-corrected chi connectivity index (χ1v) is 9.27. The number of imidazole rings is 1.